The molecule has 2 amide bonds. The van der Waals surface area contributed by atoms with Crippen molar-refractivity contribution in [1.29, 1.82) is 0 Å². The molecule has 0 saturated carbocycles. The zero-order chi connectivity index (χ0) is 18.6. The fraction of sp³-hybridized carbons (Fsp3) is 0.500. The first-order valence-corrected chi connectivity index (χ1v) is 8.98. The maximum Gasteiger partial charge on any atom is 0.410 e. The molecule has 6 heteroatoms. The van der Waals surface area contributed by atoms with Crippen LogP contribution in [0.4, 0.5) is 4.79 Å². The van der Waals surface area contributed by atoms with E-state index in [9.17, 15) is 9.59 Å². The van der Waals surface area contributed by atoms with Crippen LogP contribution in [0.15, 0.2) is 16.7 Å². The molecule has 2 aliphatic rings. The molecule has 2 aromatic rings. The summed E-state index contributed by atoms with van der Waals surface area (Å²) in [6, 6.07) is 2.14. The molecule has 0 unspecified atom stereocenters. The predicted molar refractivity (Wildman–Crippen MR) is 97.2 cm³/mol. The number of benzene rings is 1. The molecule has 0 radical (unpaired) electrons. The van der Waals surface area contributed by atoms with Crippen LogP contribution >= 0.6 is 0 Å². The molecule has 4 rings (SSSR count). The minimum absolute atomic E-state index is 0.0489. The fourth-order valence-electron chi connectivity index (χ4n) is 4.25. The fourth-order valence-corrected chi connectivity index (χ4v) is 4.25. The molecule has 0 N–H and O–H groups in total. The van der Waals surface area contributed by atoms with Gasteiger partial charge in [0.15, 0.2) is 5.60 Å². The van der Waals surface area contributed by atoms with Gasteiger partial charge in [0.05, 0.1) is 25.8 Å². The summed E-state index contributed by atoms with van der Waals surface area (Å²) >= 11 is 0. The van der Waals surface area contributed by atoms with Gasteiger partial charge in [-0.05, 0) is 37.5 Å². The Labute approximate surface area is 152 Å². The lowest BCUT2D eigenvalue weighted by Gasteiger charge is -2.21. The Morgan fingerprint density at radius 2 is 2.00 bits per heavy atom. The van der Waals surface area contributed by atoms with Gasteiger partial charge >= 0.3 is 6.09 Å². The van der Waals surface area contributed by atoms with Gasteiger partial charge in [-0.25, -0.2) is 4.79 Å². The van der Waals surface area contributed by atoms with Crippen LogP contribution in [-0.4, -0.2) is 54.1 Å². The first-order valence-electron chi connectivity index (χ1n) is 8.98. The van der Waals surface area contributed by atoms with E-state index >= 15 is 0 Å². The standard InChI is InChI=1S/C20H24N2O4/c1-12-7-13(2)17-15(9-25-18(17)14(12)3)8-16(23)22-6-5-20(11-22)10-21(4)19(24)26-20/h7,9H,5-6,8,10-11H2,1-4H3/t20-/m0/s1. The molecule has 2 aliphatic heterocycles. The van der Waals surface area contributed by atoms with Crippen molar-refractivity contribution in [1.82, 2.24) is 9.80 Å². The van der Waals surface area contributed by atoms with Crippen LogP contribution < -0.4 is 0 Å². The van der Waals surface area contributed by atoms with E-state index < -0.39 is 5.60 Å². The maximum absolute atomic E-state index is 12.9. The van der Waals surface area contributed by atoms with Crippen molar-refractivity contribution in [2.24, 2.45) is 0 Å². The van der Waals surface area contributed by atoms with Crippen molar-refractivity contribution in [2.75, 3.05) is 26.7 Å². The lowest BCUT2D eigenvalue weighted by molar-refractivity contribution is -0.130. The van der Waals surface area contributed by atoms with E-state index in [1.165, 1.54) is 5.56 Å². The van der Waals surface area contributed by atoms with Crippen LogP contribution in [0.5, 0.6) is 0 Å². The second kappa shape index (κ2) is 5.76. The third-order valence-electron chi connectivity index (χ3n) is 5.78. The number of carbonyl (C=O) groups excluding carboxylic acids is 2. The number of hydrogen-bond acceptors (Lipinski definition) is 4. The van der Waals surface area contributed by atoms with Crippen LogP contribution in [-0.2, 0) is 16.0 Å². The Hall–Kier alpha value is -2.50. The highest BCUT2D eigenvalue weighted by Gasteiger charge is 2.49. The summed E-state index contributed by atoms with van der Waals surface area (Å²) in [5.41, 5.74) is 4.69. The van der Waals surface area contributed by atoms with E-state index in [1.807, 2.05) is 11.8 Å². The minimum atomic E-state index is -0.538. The van der Waals surface area contributed by atoms with E-state index in [2.05, 4.69) is 19.9 Å². The van der Waals surface area contributed by atoms with Crippen molar-refractivity contribution in [3.05, 3.63) is 34.6 Å². The smallest absolute Gasteiger partial charge is 0.410 e. The Kier molecular flexibility index (Phi) is 3.75. The van der Waals surface area contributed by atoms with Gasteiger partial charge in [-0.2, -0.15) is 0 Å². The van der Waals surface area contributed by atoms with Gasteiger partial charge in [-0.15, -0.1) is 0 Å². The van der Waals surface area contributed by atoms with Gasteiger partial charge in [-0.1, -0.05) is 6.07 Å². The second-order valence-corrected chi connectivity index (χ2v) is 7.75. The highest BCUT2D eigenvalue weighted by molar-refractivity contribution is 5.92. The molecule has 138 valence electrons. The number of fused-ring (bicyclic) bond motifs is 1. The van der Waals surface area contributed by atoms with Crippen LogP contribution in [0.25, 0.3) is 11.0 Å². The van der Waals surface area contributed by atoms with Crippen molar-refractivity contribution >= 4 is 23.0 Å². The van der Waals surface area contributed by atoms with Gasteiger partial charge in [0, 0.05) is 31.0 Å². The summed E-state index contributed by atoms with van der Waals surface area (Å²) in [6.45, 7) is 7.79. The molecule has 6 nitrogen and oxygen atoms in total. The summed E-state index contributed by atoms with van der Waals surface area (Å²) in [5, 5.41) is 1.04. The van der Waals surface area contributed by atoms with Crippen molar-refractivity contribution in [3.63, 3.8) is 0 Å². The van der Waals surface area contributed by atoms with E-state index in [4.69, 9.17) is 9.15 Å². The summed E-state index contributed by atoms with van der Waals surface area (Å²) in [6.07, 6.45) is 2.40. The average Bonchev–Trinajstić information content (AvgIpc) is 3.24. The number of rotatable bonds is 2. The number of aryl methyl sites for hydroxylation is 3. The Morgan fingerprint density at radius 1 is 1.23 bits per heavy atom. The largest absolute Gasteiger partial charge is 0.464 e. The second-order valence-electron chi connectivity index (χ2n) is 7.75. The summed E-state index contributed by atoms with van der Waals surface area (Å²) in [5.74, 6) is 0.0489. The first-order chi connectivity index (χ1) is 12.3. The number of carbonyl (C=O) groups is 2. The van der Waals surface area contributed by atoms with E-state index in [-0.39, 0.29) is 12.0 Å². The number of furan rings is 1. The molecule has 3 heterocycles. The molecular formula is C20H24N2O4. The maximum atomic E-state index is 12.9. The topological polar surface area (TPSA) is 63.0 Å². The van der Waals surface area contributed by atoms with Gasteiger partial charge in [0.2, 0.25) is 5.91 Å². The van der Waals surface area contributed by atoms with Crippen molar-refractivity contribution in [2.45, 2.75) is 39.2 Å². The molecule has 2 fully saturated rings. The molecule has 26 heavy (non-hydrogen) atoms. The molecule has 1 spiro atoms. The molecule has 0 bridgehead atoms. The summed E-state index contributed by atoms with van der Waals surface area (Å²) < 4.78 is 11.3. The molecular weight excluding hydrogens is 332 g/mol. The normalized spacial score (nSPS) is 22.7. The van der Waals surface area contributed by atoms with E-state index in [0.29, 0.717) is 32.5 Å². The van der Waals surface area contributed by atoms with Crippen LogP contribution in [0, 0.1) is 20.8 Å². The predicted octanol–water partition coefficient (Wildman–Crippen LogP) is 2.95. The van der Waals surface area contributed by atoms with Crippen LogP contribution in [0.1, 0.15) is 28.7 Å². The van der Waals surface area contributed by atoms with Crippen molar-refractivity contribution in [3.8, 4) is 0 Å². The molecule has 1 aromatic carbocycles. The van der Waals surface area contributed by atoms with Gasteiger partial charge in [-0.3, -0.25) is 4.79 Å². The van der Waals surface area contributed by atoms with Gasteiger partial charge in [0.1, 0.15) is 5.58 Å². The monoisotopic (exact) mass is 356 g/mol. The highest BCUT2D eigenvalue weighted by atomic mass is 16.6. The highest BCUT2D eigenvalue weighted by Crippen LogP contribution is 2.33. The summed E-state index contributed by atoms with van der Waals surface area (Å²) in [4.78, 5) is 27.9. The van der Waals surface area contributed by atoms with Crippen molar-refractivity contribution < 1.29 is 18.7 Å². The zero-order valence-electron chi connectivity index (χ0n) is 15.7. The van der Waals surface area contributed by atoms with Crippen LogP contribution in [0.3, 0.4) is 0 Å². The Bertz CT molecular complexity index is 916. The number of likely N-dealkylation sites (N-methyl/N-ethyl adjacent to an activating group) is 1. The quantitative estimate of drug-likeness (QED) is 0.830. The number of likely N-dealkylation sites (tertiary alicyclic amines) is 1. The molecule has 1 aromatic heterocycles. The average molecular weight is 356 g/mol. The summed E-state index contributed by atoms with van der Waals surface area (Å²) in [7, 11) is 1.73. The van der Waals surface area contributed by atoms with Gasteiger partial charge < -0.3 is 19.0 Å². The SMILES string of the molecule is Cc1cc(C)c2c(CC(=O)N3CC[C@]4(CN(C)C(=O)O4)C3)coc2c1C. The molecule has 1 atom stereocenters. The third-order valence-corrected chi connectivity index (χ3v) is 5.78. The first kappa shape index (κ1) is 16.9. The van der Waals surface area contributed by atoms with E-state index in [0.717, 1.165) is 27.7 Å². The molecule has 2 saturated heterocycles. The Balaban J connectivity index is 1.54. The Morgan fingerprint density at radius 3 is 2.69 bits per heavy atom. The minimum Gasteiger partial charge on any atom is -0.464 e. The number of amides is 2. The zero-order valence-corrected chi connectivity index (χ0v) is 15.7. The lowest BCUT2D eigenvalue weighted by atomic mass is 9.99. The molecule has 0 aliphatic carbocycles. The van der Waals surface area contributed by atoms with E-state index in [1.54, 1.807) is 18.2 Å². The van der Waals surface area contributed by atoms with Crippen LogP contribution in [0.2, 0.25) is 0 Å². The number of hydrogen-bond donors (Lipinski definition) is 0. The third kappa shape index (κ3) is 2.55. The number of ether oxygens (including phenoxy) is 1. The number of nitrogens with zero attached hydrogens (tertiary/aromatic N) is 2. The van der Waals surface area contributed by atoms with Gasteiger partial charge in [0.25, 0.3) is 0 Å². The lowest BCUT2D eigenvalue weighted by Crippen LogP contribution is -2.39.